The Hall–Kier alpha value is -1.13. The summed E-state index contributed by atoms with van der Waals surface area (Å²) in [5, 5.41) is 6.40. The van der Waals surface area contributed by atoms with Gasteiger partial charge in [-0.1, -0.05) is 25.4 Å². The average molecular weight is 242 g/mol. The third-order valence-corrected chi connectivity index (χ3v) is 2.36. The maximum atomic E-state index is 11.7. The minimum atomic E-state index is -0.0965. The summed E-state index contributed by atoms with van der Waals surface area (Å²) >= 11 is 5.79. The fourth-order valence-electron chi connectivity index (χ4n) is 1.18. The number of hydrogen-bond donors (Lipinski definition) is 2. The van der Waals surface area contributed by atoms with Gasteiger partial charge in [0.1, 0.15) is 5.82 Å². The number of pyridine rings is 1. The summed E-state index contributed by atoms with van der Waals surface area (Å²) in [5.41, 5.74) is 0. The van der Waals surface area contributed by atoms with Crippen molar-refractivity contribution in [2.75, 3.05) is 18.4 Å². The zero-order valence-corrected chi connectivity index (χ0v) is 10.2. The third-order valence-electron chi connectivity index (χ3n) is 2.12. The van der Waals surface area contributed by atoms with Gasteiger partial charge in [-0.3, -0.25) is 4.79 Å². The molecule has 1 aromatic heterocycles. The zero-order valence-electron chi connectivity index (χ0n) is 9.46. The number of hydrogen-bond acceptors (Lipinski definition) is 3. The van der Waals surface area contributed by atoms with Crippen LogP contribution in [-0.4, -0.2) is 24.0 Å². The molecule has 1 rings (SSSR count). The first kappa shape index (κ1) is 12.9. The van der Waals surface area contributed by atoms with Crippen LogP contribution in [0.1, 0.15) is 13.8 Å². The molecule has 0 aliphatic rings. The maximum Gasteiger partial charge on any atom is 0.229 e. The lowest BCUT2D eigenvalue weighted by molar-refractivity contribution is -0.119. The van der Waals surface area contributed by atoms with Gasteiger partial charge in [0.25, 0.3) is 0 Å². The van der Waals surface area contributed by atoms with Crippen molar-refractivity contribution >= 4 is 23.3 Å². The van der Waals surface area contributed by atoms with Gasteiger partial charge in [0.2, 0.25) is 5.91 Å². The van der Waals surface area contributed by atoms with Gasteiger partial charge in [-0.2, -0.15) is 0 Å². The Morgan fingerprint density at radius 3 is 3.00 bits per heavy atom. The summed E-state index contributed by atoms with van der Waals surface area (Å²) in [4.78, 5) is 15.7. The highest BCUT2D eigenvalue weighted by Gasteiger charge is 2.12. The van der Waals surface area contributed by atoms with Crippen LogP contribution < -0.4 is 10.6 Å². The Balaban J connectivity index is 2.50. The number of carbonyl (C=O) groups is 1. The predicted molar refractivity (Wildman–Crippen MR) is 65.6 cm³/mol. The number of carbonyl (C=O) groups excluding carboxylic acids is 1. The molecule has 1 amide bonds. The van der Waals surface area contributed by atoms with Crippen LogP contribution in [0.4, 0.5) is 5.82 Å². The van der Waals surface area contributed by atoms with Crippen molar-refractivity contribution in [3.05, 3.63) is 23.4 Å². The van der Waals surface area contributed by atoms with E-state index < -0.39 is 0 Å². The van der Waals surface area contributed by atoms with E-state index in [0.717, 1.165) is 6.54 Å². The molecule has 0 bridgehead atoms. The first-order valence-corrected chi connectivity index (χ1v) is 5.64. The molecule has 1 aromatic rings. The van der Waals surface area contributed by atoms with E-state index in [1.54, 1.807) is 18.3 Å². The monoisotopic (exact) mass is 241 g/mol. The molecule has 0 fully saturated rings. The van der Waals surface area contributed by atoms with E-state index in [-0.39, 0.29) is 11.8 Å². The van der Waals surface area contributed by atoms with Gasteiger partial charge >= 0.3 is 0 Å². The molecule has 0 aromatic carbocycles. The van der Waals surface area contributed by atoms with Gasteiger partial charge < -0.3 is 10.6 Å². The van der Waals surface area contributed by atoms with Crippen LogP contribution >= 0.6 is 11.6 Å². The molecule has 1 unspecified atom stereocenters. The van der Waals surface area contributed by atoms with Crippen LogP contribution in [0.5, 0.6) is 0 Å². The molecule has 88 valence electrons. The van der Waals surface area contributed by atoms with Gasteiger partial charge in [-0.25, -0.2) is 4.98 Å². The van der Waals surface area contributed by atoms with Crippen LogP contribution in [0, 0.1) is 5.92 Å². The van der Waals surface area contributed by atoms with E-state index in [4.69, 9.17) is 11.6 Å². The fraction of sp³-hybridized carbons (Fsp3) is 0.455. The summed E-state index contributed by atoms with van der Waals surface area (Å²) in [7, 11) is 0. The lowest BCUT2D eigenvalue weighted by Crippen LogP contribution is -2.30. The Bertz CT molecular complexity index is 357. The van der Waals surface area contributed by atoms with E-state index >= 15 is 0 Å². The molecular weight excluding hydrogens is 226 g/mol. The van der Waals surface area contributed by atoms with E-state index in [1.807, 2.05) is 13.8 Å². The van der Waals surface area contributed by atoms with Crippen LogP contribution in [0.3, 0.4) is 0 Å². The number of rotatable bonds is 5. The first-order valence-electron chi connectivity index (χ1n) is 5.26. The normalized spacial score (nSPS) is 12.2. The topological polar surface area (TPSA) is 54.0 Å². The van der Waals surface area contributed by atoms with Crippen LogP contribution in [-0.2, 0) is 4.79 Å². The largest absolute Gasteiger partial charge is 0.316 e. The summed E-state index contributed by atoms with van der Waals surface area (Å²) in [6.07, 6.45) is 1.56. The predicted octanol–water partition coefficient (Wildman–Crippen LogP) is 1.92. The molecule has 1 heterocycles. The van der Waals surface area contributed by atoms with Crippen LogP contribution in [0.15, 0.2) is 18.3 Å². The van der Waals surface area contributed by atoms with E-state index in [1.165, 1.54) is 0 Å². The SMILES string of the molecule is CCNCC(C)C(=O)Nc1cc(Cl)ccn1. The maximum absolute atomic E-state index is 11.7. The minimum absolute atomic E-state index is 0.0595. The number of aromatic nitrogens is 1. The molecule has 4 nitrogen and oxygen atoms in total. The second kappa shape index (κ2) is 6.45. The smallest absolute Gasteiger partial charge is 0.229 e. The minimum Gasteiger partial charge on any atom is -0.316 e. The summed E-state index contributed by atoms with van der Waals surface area (Å²) < 4.78 is 0. The van der Waals surface area contributed by atoms with Crippen molar-refractivity contribution in [2.45, 2.75) is 13.8 Å². The third kappa shape index (κ3) is 4.16. The van der Waals surface area contributed by atoms with Gasteiger partial charge in [-0.15, -0.1) is 0 Å². The standard InChI is InChI=1S/C11H16ClN3O/c1-3-13-7-8(2)11(16)15-10-6-9(12)4-5-14-10/h4-6,8,13H,3,7H2,1-2H3,(H,14,15,16). The van der Waals surface area contributed by atoms with Gasteiger partial charge in [0, 0.05) is 23.7 Å². The average Bonchev–Trinajstić information content (AvgIpc) is 2.25. The van der Waals surface area contributed by atoms with Crippen LogP contribution in [0.2, 0.25) is 5.02 Å². The van der Waals surface area contributed by atoms with Crippen molar-refractivity contribution in [2.24, 2.45) is 5.92 Å². The molecule has 2 N–H and O–H groups in total. The molecule has 0 aliphatic heterocycles. The fourth-order valence-corrected chi connectivity index (χ4v) is 1.34. The van der Waals surface area contributed by atoms with E-state index in [0.29, 0.717) is 17.4 Å². The van der Waals surface area contributed by atoms with E-state index in [9.17, 15) is 4.79 Å². The molecule has 16 heavy (non-hydrogen) atoms. The molecule has 0 radical (unpaired) electrons. The highest BCUT2D eigenvalue weighted by Crippen LogP contribution is 2.12. The van der Waals surface area contributed by atoms with E-state index in [2.05, 4.69) is 15.6 Å². The lowest BCUT2D eigenvalue weighted by atomic mass is 10.1. The molecule has 0 saturated carbocycles. The quantitative estimate of drug-likeness (QED) is 0.828. The Labute approximate surface area is 100 Å². The Kier molecular flexibility index (Phi) is 5.22. The summed E-state index contributed by atoms with van der Waals surface area (Å²) in [6, 6.07) is 3.29. The molecule has 0 aliphatic carbocycles. The Morgan fingerprint density at radius 1 is 1.62 bits per heavy atom. The lowest BCUT2D eigenvalue weighted by Gasteiger charge is -2.11. The first-order chi connectivity index (χ1) is 7.63. The van der Waals surface area contributed by atoms with Crippen LogP contribution in [0.25, 0.3) is 0 Å². The second-order valence-electron chi connectivity index (χ2n) is 3.56. The van der Waals surface area contributed by atoms with Crippen molar-refractivity contribution in [1.82, 2.24) is 10.3 Å². The highest BCUT2D eigenvalue weighted by molar-refractivity contribution is 6.30. The number of anilines is 1. The van der Waals surface area contributed by atoms with Gasteiger partial charge in [-0.05, 0) is 18.7 Å². The van der Waals surface area contributed by atoms with Gasteiger partial charge in [0.15, 0.2) is 0 Å². The second-order valence-corrected chi connectivity index (χ2v) is 3.99. The van der Waals surface area contributed by atoms with Gasteiger partial charge in [0.05, 0.1) is 0 Å². The number of nitrogens with zero attached hydrogens (tertiary/aromatic N) is 1. The molecule has 0 spiro atoms. The number of nitrogens with one attached hydrogen (secondary N) is 2. The Morgan fingerprint density at radius 2 is 2.38 bits per heavy atom. The number of amides is 1. The summed E-state index contributed by atoms with van der Waals surface area (Å²) in [6.45, 7) is 5.38. The van der Waals surface area contributed by atoms with Crippen molar-refractivity contribution < 1.29 is 4.79 Å². The molecule has 0 saturated heterocycles. The molecular formula is C11H16ClN3O. The van der Waals surface area contributed by atoms with Crippen molar-refractivity contribution in [3.63, 3.8) is 0 Å². The zero-order chi connectivity index (χ0) is 12.0. The van der Waals surface area contributed by atoms with Crippen molar-refractivity contribution in [3.8, 4) is 0 Å². The highest BCUT2D eigenvalue weighted by atomic mass is 35.5. The molecule has 1 atom stereocenters. The van der Waals surface area contributed by atoms with Crippen molar-refractivity contribution in [1.29, 1.82) is 0 Å². The summed E-state index contributed by atoms with van der Waals surface area (Å²) in [5.74, 6) is 0.331. The number of halogens is 1. The molecule has 5 heteroatoms.